The molecule has 1 saturated heterocycles. The van der Waals surface area contributed by atoms with E-state index in [4.69, 9.17) is 10.1 Å². The second-order valence-electron chi connectivity index (χ2n) is 7.14. The highest BCUT2D eigenvalue weighted by molar-refractivity contribution is 7.08. The van der Waals surface area contributed by atoms with Gasteiger partial charge in [-0.05, 0) is 42.0 Å². The highest BCUT2D eigenvalue weighted by Crippen LogP contribution is 2.28. The summed E-state index contributed by atoms with van der Waals surface area (Å²) in [6.07, 6.45) is 3.84. The Labute approximate surface area is 167 Å². The molecule has 140 valence electrons. The van der Waals surface area contributed by atoms with Gasteiger partial charge in [0.2, 0.25) is 0 Å². The number of nitrogens with zero attached hydrogens (tertiary/aromatic N) is 4. The molecule has 0 aliphatic carbocycles. The van der Waals surface area contributed by atoms with Crippen molar-refractivity contribution in [1.29, 1.82) is 0 Å². The van der Waals surface area contributed by atoms with E-state index in [0.717, 1.165) is 48.5 Å². The molecular formula is C22H20N4OS. The lowest BCUT2D eigenvalue weighted by Gasteiger charge is -2.30. The number of likely N-dealkylation sites (tertiary alicyclic amines) is 1. The van der Waals surface area contributed by atoms with Crippen molar-refractivity contribution in [3.05, 3.63) is 76.9 Å². The summed E-state index contributed by atoms with van der Waals surface area (Å²) in [6.45, 7) is 1.51. The van der Waals surface area contributed by atoms with Gasteiger partial charge >= 0.3 is 0 Å². The molecule has 1 aliphatic rings. The number of amides is 1. The number of pyridine rings is 1. The number of carbonyl (C=O) groups is 1. The Morgan fingerprint density at radius 3 is 2.57 bits per heavy atom. The summed E-state index contributed by atoms with van der Waals surface area (Å²) in [5.74, 6) is 1.31. The molecule has 0 unspecified atom stereocenters. The van der Waals surface area contributed by atoms with Crippen LogP contribution >= 0.6 is 11.3 Å². The van der Waals surface area contributed by atoms with E-state index >= 15 is 0 Å². The third-order valence-corrected chi connectivity index (χ3v) is 6.05. The molecule has 1 amide bonds. The zero-order valence-corrected chi connectivity index (χ0v) is 16.2. The molecule has 0 atom stereocenters. The molecule has 0 radical (unpaired) electrons. The minimum atomic E-state index is 0.134. The van der Waals surface area contributed by atoms with Crippen LogP contribution in [0.5, 0.6) is 0 Å². The Balaban J connectivity index is 1.32. The number of carbonyl (C=O) groups excluding carboxylic acids is 1. The molecule has 0 spiro atoms. The molecule has 5 nitrogen and oxygen atoms in total. The molecule has 0 N–H and O–H groups in total. The molecule has 28 heavy (non-hydrogen) atoms. The van der Waals surface area contributed by atoms with Gasteiger partial charge in [0, 0.05) is 36.1 Å². The van der Waals surface area contributed by atoms with Crippen molar-refractivity contribution >= 4 is 22.9 Å². The van der Waals surface area contributed by atoms with Crippen LogP contribution in [0, 0.1) is 0 Å². The van der Waals surface area contributed by atoms with Gasteiger partial charge in [-0.2, -0.15) is 16.4 Å². The summed E-state index contributed by atoms with van der Waals surface area (Å²) in [5, 5.41) is 8.61. The van der Waals surface area contributed by atoms with Crippen molar-refractivity contribution in [3.8, 4) is 11.1 Å². The summed E-state index contributed by atoms with van der Waals surface area (Å²) in [7, 11) is 0. The Kier molecular flexibility index (Phi) is 4.41. The fourth-order valence-electron chi connectivity index (χ4n) is 3.78. The number of aromatic nitrogens is 3. The van der Waals surface area contributed by atoms with Crippen LogP contribution in [0.3, 0.4) is 0 Å². The first-order valence-corrected chi connectivity index (χ1v) is 10.5. The number of thiophene rings is 1. The maximum Gasteiger partial charge on any atom is 0.254 e. The Bertz CT molecular complexity index is 1100. The zero-order valence-electron chi connectivity index (χ0n) is 15.4. The number of hydrogen-bond donors (Lipinski definition) is 0. The predicted octanol–water partition coefficient (Wildman–Crippen LogP) is 4.48. The number of rotatable bonds is 3. The lowest BCUT2D eigenvalue weighted by atomic mass is 9.96. The molecule has 0 bridgehead atoms. The van der Waals surface area contributed by atoms with Crippen LogP contribution in [-0.4, -0.2) is 38.5 Å². The molecule has 4 aromatic rings. The van der Waals surface area contributed by atoms with Gasteiger partial charge in [-0.3, -0.25) is 4.79 Å². The predicted molar refractivity (Wildman–Crippen MR) is 111 cm³/mol. The molecule has 1 aromatic carbocycles. The normalized spacial score (nSPS) is 15.2. The highest BCUT2D eigenvalue weighted by atomic mass is 32.1. The number of piperidine rings is 1. The molecule has 5 rings (SSSR count). The molecule has 6 heteroatoms. The maximum atomic E-state index is 12.5. The van der Waals surface area contributed by atoms with E-state index in [9.17, 15) is 4.79 Å². The van der Waals surface area contributed by atoms with Crippen LogP contribution in [0.2, 0.25) is 0 Å². The second-order valence-corrected chi connectivity index (χ2v) is 7.92. The van der Waals surface area contributed by atoms with Gasteiger partial charge in [-0.15, -0.1) is 0 Å². The average Bonchev–Trinajstić information content (AvgIpc) is 3.43. The van der Waals surface area contributed by atoms with Crippen LogP contribution < -0.4 is 0 Å². The van der Waals surface area contributed by atoms with Crippen molar-refractivity contribution in [2.45, 2.75) is 18.8 Å². The van der Waals surface area contributed by atoms with E-state index < -0.39 is 0 Å². The molecule has 4 heterocycles. The van der Waals surface area contributed by atoms with Crippen LogP contribution in [0.25, 0.3) is 16.8 Å². The summed E-state index contributed by atoms with van der Waals surface area (Å²) in [5.41, 5.74) is 3.96. The fourth-order valence-corrected chi connectivity index (χ4v) is 4.41. The monoisotopic (exact) mass is 388 g/mol. The van der Waals surface area contributed by atoms with Crippen molar-refractivity contribution in [3.63, 3.8) is 0 Å². The van der Waals surface area contributed by atoms with Crippen molar-refractivity contribution < 1.29 is 4.79 Å². The Morgan fingerprint density at radius 1 is 1.00 bits per heavy atom. The van der Waals surface area contributed by atoms with E-state index in [2.05, 4.69) is 18.2 Å². The minimum absolute atomic E-state index is 0.134. The molecule has 1 aliphatic heterocycles. The number of benzene rings is 1. The van der Waals surface area contributed by atoms with Crippen molar-refractivity contribution in [1.82, 2.24) is 19.5 Å². The van der Waals surface area contributed by atoms with E-state index in [1.807, 2.05) is 56.7 Å². The lowest BCUT2D eigenvalue weighted by molar-refractivity contribution is 0.0711. The van der Waals surface area contributed by atoms with E-state index in [-0.39, 0.29) is 5.91 Å². The third kappa shape index (κ3) is 3.20. The smallest absolute Gasteiger partial charge is 0.254 e. The number of fused-ring (bicyclic) bond motifs is 1. The summed E-state index contributed by atoms with van der Waals surface area (Å²) in [4.78, 5) is 19.2. The molecular weight excluding hydrogens is 368 g/mol. The zero-order chi connectivity index (χ0) is 18.9. The van der Waals surface area contributed by atoms with Gasteiger partial charge in [-0.1, -0.05) is 30.3 Å². The fraction of sp³-hybridized carbons (Fsp3) is 0.227. The van der Waals surface area contributed by atoms with Gasteiger partial charge in [0.25, 0.3) is 5.91 Å². The average molecular weight is 388 g/mol. The lowest BCUT2D eigenvalue weighted by Crippen LogP contribution is -2.37. The van der Waals surface area contributed by atoms with Gasteiger partial charge in [-0.25, -0.2) is 9.50 Å². The molecule has 1 fully saturated rings. The first kappa shape index (κ1) is 17.1. The summed E-state index contributed by atoms with van der Waals surface area (Å²) < 4.78 is 1.88. The Hall–Kier alpha value is -2.99. The van der Waals surface area contributed by atoms with Gasteiger partial charge in [0.05, 0.1) is 5.56 Å². The molecule has 3 aromatic heterocycles. The number of hydrogen-bond acceptors (Lipinski definition) is 4. The van der Waals surface area contributed by atoms with Gasteiger partial charge in [0.1, 0.15) is 0 Å². The topological polar surface area (TPSA) is 50.5 Å². The first-order valence-electron chi connectivity index (χ1n) is 9.51. The van der Waals surface area contributed by atoms with E-state index in [1.54, 1.807) is 11.3 Å². The second kappa shape index (κ2) is 7.20. The van der Waals surface area contributed by atoms with E-state index in [0.29, 0.717) is 5.92 Å². The highest BCUT2D eigenvalue weighted by Gasteiger charge is 2.27. The molecule has 0 saturated carbocycles. The summed E-state index contributed by atoms with van der Waals surface area (Å²) in [6, 6.07) is 16.3. The SMILES string of the molecule is O=C(c1ccsc1)N1CCC(c2nc3ccc(-c4ccccc4)cn3n2)CC1. The van der Waals surface area contributed by atoms with Crippen molar-refractivity contribution in [2.24, 2.45) is 0 Å². The van der Waals surface area contributed by atoms with Gasteiger partial charge in [0.15, 0.2) is 11.5 Å². The summed E-state index contributed by atoms with van der Waals surface area (Å²) >= 11 is 1.56. The standard InChI is InChI=1S/C22H20N4OS/c27-22(19-10-13-28-15-19)25-11-8-17(9-12-25)21-23-20-7-6-18(14-26(20)24-21)16-4-2-1-3-5-16/h1-7,10,13-15,17H,8-9,11-12H2. The maximum absolute atomic E-state index is 12.5. The van der Waals surface area contributed by atoms with Crippen molar-refractivity contribution in [2.75, 3.05) is 13.1 Å². The van der Waals surface area contributed by atoms with Gasteiger partial charge < -0.3 is 4.90 Å². The Morgan fingerprint density at radius 2 is 1.82 bits per heavy atom. The van der Waals surface area contributed by atoms with Crippen LogP contribution in [0.15, 0.2) is 65.5 Å². The quantitative estimate of drug-likeness (QED) is 0.520. The largest absolute Gasteiger partial charge is 0.339 e. The minimum Gasteiger partial charge on any atom is -0.339 e. The third-order valence-electron chi connectivity index (χ3n) is 5.37. The first-order chi connectivity index (χ1) is 13.8. The van der Waals surface area contributed by atoms with E-state index in [1.165, 1.54) is 5.56 Å². The van der Waals surface area contributed by atoms with Crippen LogP contribution in [0.1, 0.15) is 34.9 Å². The van der Waals surface area contributed by atoms with Crippen LogP contribution in [-0.2, 0) is 0 Å². The van der Waals surface area contributed by atoms with Crippen LogP contribution in [0.4, 0.5) is 0 Å².